The highest BCUT2D eigenvalue weighted by molar-refractivity contribution is 7.91. The van der Waals surface area contributed by atoms with Gasteiger partial charge in [0.15, 0.2) is 0 Å². The zero-order valence-electron chi connectivity index (χ0n) is 21.0. The maximum atomic E-state index is 13.2. The lowest BCUT2D eigenvalue weighted by atomic mass is 9.79. The van der Waals surface area contributed by atoms with Crippen LogP contribution in [0.4, 0.5) is 11.5 Å². The molecule has 0 spiro atoms. The number of hydrogen-bond donors (Lipinski definition) is 2. The molecule has 9 heteroatoms. The normalized spacial score (nSPS) is 25.6. The molecular weight excluding hydrogens is 476 g/mol. The fraction of sp³-hybridized carbons (Fsp3) is 0.519. The molecule has 3 aliphatic rings. The third-order valence-corrected chi connectivity index (χ3v) is 9.49. The summed E-state index contributed by atoms with van der Waals surface area (Å²) in [7, 11) is -3.00. The monoisotopic (exact) mass is 510 g/mol. The summed E-state index contributed by atoms with van der Waals surface area (Å²) in [5, 5.41) is 6.63. The first-order valence-electron chi connectivity index (χ1n) is 12.8. The van der Waals surface area contributed by atoms with Crippen molar-refractivity contribution in [2.24, 2.45) is 11.8 Å². The molecule has 1 aliphatic carbocycles. The predicted molar refractivity (Wildman–Crippen MR) is 140 cm³/mol. The van der Waals surface area contributed by atoms with E-state index in [1.165, 1.54) is 0 Å². The first-order valence-corrected chi connectivity index (χ1v) is 14.6. The van der Waals surface area contributed by atoms with E-state index in [2.05, 4.69) is 22.5 Å². The third kappa shape index (κ3) is 4.98. The van der Waals surface area contributed by atoms with Crippen LogP contribution in [0.15, 0.2) is 36.4 Å². The molecule has 2 aromatic rings. The van der Waals surface area contributed by atoms with Crippen LogP contribution in [-0.4, -0.2) is 48.8 Å². The molecule has 2 amide bonds. The summed E-state index contributed by atoms with van der Waals surface area (Å²) in [6.45, 7) is 5.73. The van der Waals surface area contributed by atoms with Crippen molar-refractivity contribution in [3.63, 3.8) is 0 Å². The van der Waals surface area contributed by atoms with Crippen LogP contribution in [0.1, 0.15) is 67.2 Å². The summed E-state index contributed by atoms with van der Waals surface area (Å²) < 4.78 is 23.5. The number of hydrogen-bond acceptors (Lipinski definition) is 6. The molecule has 5 rings (SSSR count). The standard InChI is InChI=1S/C27H34N4O4S/c1-16-5-4-6-24(28-16)30-25-17(2)26(19-7-8-19)31(18(3)32)23-10-9-20(15-22(23)25)27(33)29-21-11-13-36(34,35)14-12-21/h4-6,9-10,15,17,19,21,25-26H,7-8,11-14H2,1-3H3,(H,28,30)(H,29,33)/t17-,25-,26?/m1/s1. The number of amides is 2. The Morgan fingerprint density at radius 1 is 1.06 bits per heavy atom. The van der Waals surface area contributed by atoms with Crippen molar-refractivity contribution in [1.82, 2.24) is 10.3 Å². The first-order chi connectivity index (χ1) is 17.1. The van der Waals surface area contributed by atoms with Gasteiger partial charge in [0.2, 0.25) is 5.91 Å². The molecule has 3 heterocycles. The lowest BCUT2D eigenvalue weighted by Crippen LogP contribution is -2.51. The molecule has 2 fully saturated rings. The molecular formula is C27H34N4O4S. The van der Waals surface area contributed by atoms with Gasteiger partial charge in [-0.25, -0.2) is 13.4 Å². The Morgan fingerprint density at radius 2 is 1.78 bits per heavy atom. The maximum absolute atomic E-state index is 13.2. The van der Waals surface area contributed by atoms with Gasteiger partial charge < -0.3 is 15.5 Å². The summed E-state index contributed by atoms with van der Waals surface area (Å²) in [6, 6.07) is 11.2. The van der Waals surface area contributed by atoms with E-state index in [4.69, 9.17) is 0 Å². The van der Waals surface area contributed by atoms with E-state index in [1.54, 1.807) is 13.0 Å². The second-order valence-electron chi connectivity index (χ2n) is 10.5. The van der Waals surface area contributed by atoms with Gasteiger partial charge in [-0.1, -0.05) is 13.0 Å². The van der Waals surface area contributed by atoms with E-state index in [-0.39, 0.29) is 47.4 Å². The van der Waals surface area contributed by atoms with Gasteiger partial charge in [0.1, 0.15) is 15.7 Å². The van der Waals surface area contributed by atoms with Crippen LogP contribution in [0.5, 0.6) is 0 Å². The summed E-state index contributed by atoms with van der Waals surface area (Å²) in [6.07, 6.45) is 3.09. The summed E-state index contributed by atoms with van der Waals surface area (Å²) in [5.74, 6) is 1.34. The highest BCUT2D eigenvalue weighted by atomic mass is 32.2. The molecule has 1 saturated carbocycles. The van der Waals surface area contributed by atoms with Gasteiger partial charge in [0.05, 0.1) is 17.5 Å². The average Bonchev–Trinajstić information content (AvgIpc) is 3.66. The third-order valence-electron chi connectivity index (χ3n) is 7.77. The van der Waals surface area contributed by atoms with Gasteiger partial charge in [-0.05, 0) is 74.4 Å². The van der Waals surface area contributed by atoms with Crippen LogP contribution in [0.3, 0.4) is 0 Å². The maximum Gasteiger partial charge on any atom is 0.251 e. The fourth-order valence-electron chi connectivity index (χ4n) is 5.79. The van der Waals surface area contributed by atoms with Crippen molar-refractivity contribution < 1.29 is 18.0 Å². The number of carbonyl (C=O) groups excluding carboxylic acids is 2. The van der Waals surface area contributed by atoms with Gasteiger partial charge in [-0.15, -0.1) is 0 Å². The second kappa shape index (κ2) is 9.50. The highest BCUT2D eigenvalue weighted by Gasteiger charge is 2.47. The number of pyridine rings is 1. The molecule has 1 unspecified atom stereocenters. The molecule has 3 atom stereocenters. The van der Waals surface area contributed by atoms with Gasteiger partial charge in [0, 0.05) is 41.9 Å². The molecule has 36 heavy (non-hydrogen) atoms. The molecule has 1 aromatic heterocycles. The van der Waals surface area contributed by atoms with Gasteiger partial charge in [-0.3, -0.25) is 9.59 Å². The minimum absolute atomic E-state index is 0.00717. The molecule has 0 bridgehead atoms. The van der Waals surface area contributed by atoms with E-state index in [0.29, 0.717) is 24.3 Å². The minimum atomic E-state index is -3.00. The van der Waals surface area contributed by atoms with Crippen LogP contribution in [0.25, 0.3) is 0 Å². The van der Waals surface area contributed by atoms with E-state index >= 15 is 0 Å². The zero-order valence-corrected chi connectivity index (χ0v) is 21.8. The summed E-state index contributed by atoms with van der Waals surface area (Å²) >= 11 is 0. The topological polar surface area (TPSA) is 108 Å². The van der Waals surface area contributed by atoms with Crippen molar-refractivity contribution in [2.75, 3.05) is 21.7 Å². The fourth-order valence-corrected chi connectivity index (χ4v) is 7.28. The van der Waals surface area contributed by atoms with Gasteiger partial charge in [-0.2, -0.15) is 0 Å². The van der Waals surface area contributed by atoms with Crippen molar-refractivity contribution in [3.8, 4) is 0 Å². The van der Waals surface area contributed by atoms with Crippen molar-refractivity contribution in [2.45, 2.75) is 64.6 Å². The number of fused-ring (bicyclic) bond motifs is 1. The molecule has 8 nitrogen and oxygen atoms in total. The van der Waals surface area contributed by atoms with E-state index < -0.39 is 9.84 Å². The SMILES string of the molecule is CC(=O)N1c2ccc(C(=O)NC3CCS(=O)(=O)CC3)cc2[C@H](Nc2cccc(C)n2)[C@@H](C)C1C1CC1. The molecule has 1 aromatic carbocycles. The molecule has 1 saturated heterocycles. The Labute approximate surface area is 212 Å². The summed E-state index contributed by atoms with van der Waals surface area (Å²) in [5.41, 5.74) is 3.15. The van der Waals surface area contributed by atoms with Gasteiger partial charge in [0.25, 0.3) is 5.91 Å². The predicted octanol–water partition coefficient (Wildman–Crippen LogP) is 3.63. The number of sulfone groups is 1. The quantitative estimate of drug-likeness (QED) is 0.636. The molecule has 192 valence electrons. The van der Waals surface area contributed by atoms with Crippen molar-refractivity contribution in [3.05, 3.63) is 53.2 Å². The Morgan fingerprint density at radius 3 is 2.42 bits per heavy atom. The molecule has 2 N–H and O–H groups in total. The number of anilines is 2. The summed E-state index contributed by atoms with van der Waals surface area (Å²) in [4.78, 5) is 32.6. The van der Waals surface area contributed by atoms with Gasteiger partial charge >= 0.3 is 0 Å². The van der Waals surface area contributed by atoms with Crippen LogP contribution in [0.2, 0.25) is 0 Å². The average molecular weight is 511 g/mol. The minimum Gasteiger partial charge on any atom is -0.363 e. The zero-order chi connectivity index (χ0) is 25.6. The largest absolute Gasteiger partial charge is 0.363 e. The Bertz CT molecular complexity index is 1280. The van der Waals surface area contributed by atoms with E-state index in [1.807, 2.05) is 42.2 Å². The number of benzene rings is 1. The van der Waals surface area contributed by atoms with Crippen LogP contribution < -0.4 is 15.5 Å². The number of aryl methyl sites for hydroxylation is 1. The second-order valence-corrected chi connectivity index (χ2v) is 12.8. The Kier molecular flexibility index (Phi) is 6.53. The number of carbonyl (C=O) groups is 2. The molecule has 2 aliphatic heterocycles. The number of aromatic nitrogens is 1. The number of nitrogens with zero attached hydrogens (tertiary/aromatic N) is 2. The first kappa shape index (κ1) is 24.7. The number of nitrogens with one attached hydrogen (secondary N) is 2. The lowest BCUT2D eigenvalue weighted by Gasteiger charge is -2.46. The Balaban J connectivity index is 1.48. The van der Waals surface area contributed by atoms with Crippen LogP contribution in [0, 0.1) is 18.8 Å². The Hall–Kier alpha value is -2.94. The number of rotatable bonds is 5. The highest BCUT2D eigenvalue weighted by Crippen LogP contribution is 2.50. The smallest absolute Gasteiger partial charge is 0.251 e. The van der Waals surface area contributed by atoms with Crippen LogP contribution in [-0.2, 0) is 14.6 Å². The van der Waals surface area contributed by atoms with Crippen molar-refractivity contribution >= 4 is 33.2 Å². The van der Waals surface area contributed by atoms with Crippen LogP contribution >= 0.6 is 0 Å². The molecule has 0 radical (unpaired) electrons. The van der Waals surface area contributed by atoms with Crippen molar-refractivity contribution in [1.29, 1.82) is 0 Å². The lowest BCUT2D eigenvalue weighted by molar-refractivity contribution is -0.117. The van der Waals surface area contributed by atoms with E-state index in [9.17, 15) is 18.0 Å². The van der Waals surface area contributed by atoms with E-state index in [0.717, 1.165) is 35.6 Å².